The molecule has 110 valence electrons. The minimum absolute atomic E-state index is 0.0820. The molecule has 1 aromatic carbocycles. The van der Waals surface area contributed by atoms with Gasteiger partial charge in [0, 0.05) is 17.6 Å². The molecule has 0 atom stereocenters. The van der Waals surface area contributed by atoms with Crippen LogP contribution in [0.1, 0.15) is 36.0 Å². The molecule has 0 aliphatic heterocycles. The average Bonchev–Trinajstić information content (AvgIpc) is 2.89. The van der Waals surface area contributed by atoms with E-state index < -0.39 is 0 Å². The van der Waals surface area contributed by atoms with Crippen LogP contribution in [0.3, 0.4) is 0 Å². The zero-order valence-corrected chi connectivity index (χ0v) is 12.6. The molecule has 20 heavy (non-hydrogen) atoms. The number of hydrogen-bond donors (Lipinski definition) is 3. The minimum Gasteiger partial charge on any atom is -0.399 e. The third kappa shape index (κ3) is 3.19. The molecule has 0 saturated heterocycles. The summed E-state index contributed by atoms with van der Waals surface area (Å²) in [6.07, 6.45) is 4.02. The summed E-state index contributed by atoms with van der Waals surface area (Å²) in [5, 5.41) is 12.8. The molecule has 1 fully saturated rings. The smallest absolute Gasteiger partial charge is 0.252 e. The Hall–Kier alpha value is -0.970. The fourth-order valence-electron chi connectivity index (χ4n) is 2.65. The highest BCUT2D eigenvalue weighted by Gasteiger charge is 2.33. The molecule has 6 heteroatoms. The Morgan fingerprint density at radius 2 is 2.00 bits per heavy atom. The summed E-state index contributed by atoms with van der Waals surface area (Å²) in [4.78, 5) is 12.2. The van der Waals surface area contributed by atoms with Crippen LogP contribution in [-0.4, -0.2) is 24.2 Å². The first kappa shape index (κ1) is 15.4. The number of nitrogens with one attached hydrogen (secondary N) is 1. The van der Waals surface area contributed by atoms with Crippen molar-refractivity contribution in [2.24, 2.45) is 5.41 Å². The third-order valence-corrected chi connectivity index (χ3v) is 4.72. The number of halogens is 2. The first-order valence-electron chi connectivity index (χ1n) is 6.61. The summed E-state index contributed by atoms with van der Waals surface area (Å²) in [6, 6.07) is 3.01. The lowest BCUT2D eigenvalue weighted by Gasteiger charge is -2.26. The number of anilines is 1. The van der Waals surface area contributed by atoms with Crippen molar-refractivity contribution in [2.45, 2.75) is 25.7 Å². The lowest BCUT2D eigenvalue weighted by Crippen LogP contribution is -2.38. The van der Waals surface area contributed by atoms with E-state index in [9.17, 15) is 9.90 Å². The molecular formula is C14H18Cl2N2O2. The normalized spacial score (nSPS) is 17.1. The van der Waals surface area contributed by atoms with E-state index in [1.54, 1.807) is 0 Å². The summed E-state index contributed by atoms with van der Waals surface area (Å²) < 4.78 is 0. The van der Waals surface area contributed by atoms with Crippen molar-refractivity contribution in [2.75, 3.05) is 18.9 Å². The van der Waals surface area contributed by atoms with Gasteiger partial charge in [-0.25, -0.2) is 0 Å². The second-order valence-electron chi connectivity index (χ2n) is 5.41. The Morgan fingerprint density at radius 3 is 2.60 bits per heavy atom. The topological polar surface area (TPSA) is 75.4 Å². The van der Waals surface area contributed by atoms with Gasteiger partial charge in [-0.1, -0.05) is 36.0 Å². The van der Waals surface area contributed by atoms with E-state index in [4.69, 9.17) is 28.9 Å². The monoisotopic (exact) mass is 316 g/mol. The molecule has 2 rings (SSSR count). The Labute approximate surface area is 128 Å². The van der Waals surface area contributed by atoms with Crippen LogP contribution in [0.2, 0.25) is 10.0 Å². The van der Waals surface area contributed by atoms with Crippen LogP contribution < -0.4 is 11.1 Å². The SMILES string of the molecule is Nc1cc(Cl)c(Cl)c(C(=O)NCC2(CO)CCCC2)c1. The van der Waals surface area contributed by atoms with Crippen molar-refractivity contribution < 1.29 is 9.90 Å². The zero-order chi connectivity index (χ0) is 14.8. The Bertz CT molecular complexity index is 514. The maximum atomic E-state index is 12.2. The number of rotatable bonds is 4. The predicted molar refractivity (Wildman–Crippen MR) is 81.2 cm³/mol. The highest BCUT2D eigenvalue weighted by Crippen LogP contribution is 2.37. The van der Waals surface area contributed by atoms with E-state index in [1.165, 1.54) is 12.1 Å². The molecule has 1 aliphatic rings. The molecule has 1 aromatic rings. The van der Waals surface area contributed by atoms with Crippen molar-refractivity contribution in [3.8, 4) is 0 Å². The summed E-state index contributed by atoms with van der Waals surface area (Å²) in [6.45, 7) is 0.518. The van der Waals surface area contributed by atoms with Gasteiger partial charge >= 0.3 is 0 Å². The summed E-state index contributed by atoms with van der Waals surface area (Å²) in [5.74, 6) is -0.316. The van der Waals surface area contributed by atoms with Crippen molar-refractivity contribution in [1.82, 2.24) is 5.32 Å². The van der Waals surface area contributed by atoms with Gasteiger partial charge in [0.25, 0.3) is 5.91 Å². The number of carbonyl (C=O) groups is 1. The molecule has 0 heterocycles. The van der Waals surface area contributed by atoms with Crippen LogP contribution >= 0.6 is 23.2 Å². The van der Waals surface area contributed by atoms with Gasteiger partial charge in [0.05, 0.1) is 22.2 Å². The van der Waals surface area contributed by atoms with Crippen molar-refractivity contribution in [1.29, 1.82) is 0 Å². The largest absolute Gasteiger partial charge is 0.399 e. The molecule has 1 saturated carbocycles. The zero-order valence-electron chi connectivity index (χ0n) is 11.1. The second kappa shape index (κ2) is 6.20. The lowest BCUT2D eigenvalue weighted by molar-refractivity contribution is 0.0881. The van der Waals surface area contributed by atoms with Crippen LogP contribution in [-0.2, 0) is 0 Å². The van der Waals surface area contributed by atoms with Crippen molar-refractivity contribution >= 4 is 34.8 Å². The van der Waals surface area contributed by atoms with Crippen molar-refractivity contribution in [3.63, 3.8) is 0 Å². The van der Waals surface area contributed by atoms with Crippen LogP contribution in [0, 0.1) is 5.41 Å². The molecular weight excluding hydrogens is 299 g/mol. The highest BCUT2D eigenvalue weighted by atomic mass is 35.5. The molecule has 0 aromatic heterocycles. The van der Waals surface area contributed by atoms with E-state index in [0.717, 1.165) is 25.7 Å². The van der Waals surface area contributed by atoms with E-state index >= 15 is 0 Å². The van der Waals surface area contributed by atoms with Crippen LogP contribution in [0.4, 0.5) is 5.69 Å². The van der Waals surface area contributed by atoms with Crippen LogP contribution in [0.15, 0.2) is 12.1 Å². The van der Waals surface area contributed by atoms with E-state index in [1.807, 2.05) is 0 Å². The molecule has 4 nitrogen and oxygen atoms in total. The van der Waals surface area contributed by atoms with Gasteiger partial charge in [-0.3, -0.25) is 4.79 Å². The molecule has 1 aliphatic carbocycles. The molecule has 0 spiro atoms. The number of aliphatic hydroxyl groups is 1. The summed E-state index contributed by atoms with van der Waals surface area (Å²) in [7, 11) is 0. The van der Waals surface area contributed by atoms with Gasteiger partial charge in [-0.2, -0.15) is 0 Å². The minimum atomic E-state index is -0.316. The number of aliphatic hydroxyl groups excluding tert-OH is 1. The van der Waals surface area contributed by atoms with Gasteiger partial charge in [0.1, 0.15) is 0 Å². The Morgan fingerprint density at radius 1 is 1.35 bits per heavy atom. The summed E-state index contributed by atoms with van der Waals surface area (Å²) >= 11 is 11.9. The van der Waals surface area contributed by atoms with E-state index in [0.29, 0.717) is 12.2 Å². The number of benzene rings is 1. The molecule has 0 bridgehead atoms. The number of hydrogen-bond acceptors (Lipinski definition) is 3. The number of carbonyl (C=O) groups excluding carboxylic acids is 1. The molecule has 0 unspecified atom stereocenters. The first-order valence-corrected chi connectivity index (χ1v) is 7.37. The van der Waals surface area contributed by atoms with E-state index in [2.05, 4.69) is 5.32 Å². The summed E-state index contributed by atoms with van der Waals surface area (Å²) in [5.41, 5.74) is 6.13. The van der Waals surface area contributed by atoms with Gasteiger partial charge in [-0.05, 0) is 25.0 Å². The lowest BCUT2D eigenvalue weighted by atomic mass is 9.87. The second-order valence-corrected chi connectivity index (χ2v) is 6.20. The molecule has 1 amide bonds. The van der Waals surface area contributed by atoms with Gasteiger partial charge in [-0.15, -0.1) is 0 Å². The third-order valence-electron chi connectivity index (χ3n) is 3.92. The maximum absolute atomic E-state index is 12.2. The Kier molecular flexibility index (Phi) is 4.78. The van der Waals surface area contributed by atoms with Crippen molar-refractivity contribution in [3.05, 3.63) is 27.7 Å². The van der Waals surface area contributed by atoms with Crippen LogP contribution in [0.5, 0.6) is 0 Å². The number of nitrogens with two attached hydrogens (primary N) is 1. The van der Waals surface area contributed by atoms with Gasteiger partial charge in [0.15, 0.2) is 0 Å². The maximum Gasteiger partial charge on any atom is 0.252 e. The number of amides is 1. The standard InChI is InChI=1S/C14H18Cl2N2O2/c15-11-6-9(17)5-10(12(11)16)13(20)18-7-14(8-19)3-1-2-4-14/h5-6,19H,1-4,7-8,17H2,(H,18,20). The average molecular weight is 317 g/mol. The van der Waals surface area contributed by atoms with E-state index in [-0.39, 0.29) is 33.5 Å². The fraction of sp³-hybridized carbons (Fsp3) is 0.500. The quantitative estimate of drug-likeness (QED) is 0.748. The van der Waals surface area contributed by atoms with Gasteiger partial charge in [0.2, 0.25) is 0 Å². The van der Waals surface area contributed by atoms with Gasteiger partial charge < -0.3 is 16.2 Å². The highest BCUT2D eigenvalue weighted by molar-refractivity contribution is 6.44. The predicted octanol–water partition coefficient (Wildman–Crippen LogP) is 2.86. The first-order chi connectivity index (χ1) is 9.47. The number of nitrogen functional groups attached to an aromatic ring is 1. The molecule has 4 N–H and O–H groups in total. The fourth-order valence-corrected chi connectivity index (χ4v) is 3.08. The Balaban J connectivity index is 2.09. The molecule has 0 radical (unpaired) electrons. The van der Waals surface area contributed by atoms with Crippen LogP contribution in [0.25, 0.3) is 0 Å².